The van der Waals surface area contributed by atoms with Gasteiger partial charge in [-0.3, -0.25) is 4.79 Å². The largest absolute Gasteiger partial charge is 0.393 e. The first-order valence-corrected chi connectivity index (χ1v) is 8.64. The molecule has 1 aromatic rings. The monoisotopic (exact) mass is 318 g/mol. The number of aliphatic hydroxyl groups excluding tert-OH is 1. The molecule has 0 spiro atoms. The second-order valence-corrected chi connectivity index (χ2v) is 6.65. The third-order valence-electron chi connectivity index (χ3n) is 5.02. The van der Waals surface area contributed by atoms with E-state index in [2.05, 4.69) is 14.9 Å². The first-order valence-electron chi connectivity index (χ1n) is 8.64. The van der Waals surface area contributed by atoms with E-state index in [1.807, 2.05) is 17.9 Å². The minimum Gasteiger partial charge on any atom is -0.393 e. The Kier molecular flexibility index (Phi) is 5.10. The van der Waals surface area contributed by atoms with Crippen molar-refractivity contribution in [3.05, 3.63) is 18.1 Å². The van der Waals surface area contributed by atoms with Gasteiger partial charge in [-0.25, -0.2) is 9.97 Å². The zero-order valence-electron chi connectivity index (χ0n) is 13.8. The van der Waals surface area contributed by atoms with Crippen molar-refractivity contribution in [3.8, 4) is 0 Å². The van der Waals surface area contributed by atoms with Gasteiger partial charge >= 0.3 is 0 Å². The van der Waals surface area contributed by atoms with Crippen molar-refractivity contribution in [2.75, 3.05) is 31.1 Å². The second-order valence-electron chi connectivity index (χ2n) is 6.65. The summed E-state index contributed by atoms with van der Waals surface area (Å²) in [5, 5.41) is 10.0. The van der Waals surface area contributed by atoms with Gasteiger partial charge in [0.05, 0.1) is 6.10 Å². The van der Waals surface area contributed by atoms with Gasteiger partial charge in [0.15, 0.2) is 0 Å². The third kappa shape index (κ3) is 3.99. The molecule has 23 heavy (non-hydrogen) atoms. The number of piperazine rings is 1. The molecule has 1 aromatic heterocycles. The van der Waals surface area contributed by atoms with Gasteiger partial charge in [-0.05, 0) is 31.7 Å². The van der Waals surface area contributed by atoms with E-state index in [4.69, 9.17) is 0 Å². The molecule has 126 valence electrons. The number of nitrogens with zero attached hydrogens (tertiary/aromatic N) is 4. The molecule has 6 heteroatoms. The summed E-state index contributed by atoms with van der Waals surface area (Å²) in [4.78, 5) is 25.2. The molecule has 2 aliphatic rings. The number of aromatic nitrogens is 2. The van der Waals surface area contributed by atoms with E-state index in [1.54, 1.807) is 6.20 Å². The molecule has 3 rings (SSSR count). The maximum Gasteiger partial charge on any atom is 0.223 e. The van der Waals surface area contributed by atoms with Crippen LogP contribution in [-0.4, -0.2) is 58.2 Å². The van der Waals surface area contributed by atoms with Crippen LogP contribution in [0.15, 0.2) is 12.3 Å². The summed E-state index contributed by atoms with van der Waals surface area (Å²) in [6, 6.07) is 1.92. The molecule has 0 unspecified atom stereocenters. The first kappa shape index (κ1) is 16.2. The van der Waals surface area contributed by atoms with E-state index < -0.39 is 0 Å². The Balaban J connectivity index is 1.51. The lowest BCUT2D eigenvalue weighted by molar-refractivity contribution is -0.134. The van der Waals surface area contributed by atoms with Crippen molar-refractivity contribution >= 4 is 11.7 Å². The van der Waals surface area contributed by atoms with Crippen molar-refractivity contribution in [3.63, 3.8) is 0 Å². The molecule has 0 aromatic carbocycles. The van der Waals surface area contributed by atoms with Crippen molar-refractivity contribution in [1.29, 1.82) is 0 Å². The molecule has 2 atom stereocenters. The van der Waals surface area contributed by atoms with Crippen LogP contribution in [0.3, 0.4) is 0 Å². The van der Waals surface area contributed by atoms with Crippen molar-refractivity contribution < 1.29 is 9.90 Å². The van der Waals surface area contributed by atoms with Crippen molar-refractivity contribution in [1.82, 2.24) is 14.9 Å². The molecule has 1 N–H and O–H groups in total. The SMILES string of the molecule is Cc1nccc(N2CCN(C(=O)C[C@@H]3CCCC[C@H]3O)CC2)n1. The summed E-state index contributed by atoms with van der Waals surface area (Å²) < 4.78 is 0. The number of carbonyl (C=O) groups excluding carboxylic acids is 1. The number of aliphatic hydroxyl groups is 1. The van der Waals surface area contributed by atoms with Gasteiger partial charge in [0.1, 0.15) is 11.6 Å². The van der Waals surface area contributed by atoms with Gasteiger partial charge in [0.2, 0.25) is 5.91 Å². The highest BCUT2D eigenvalue weighted by Gasteiger charge is 2.29. The minimum absolute atomic E-state index is 0.152. The molecule has 1 amide bonds. The molecule has 1 saturated carbocycles. The highest BCUT2D eigenvalue weighted by atomic mass is 16.3. The molecule has 1 saturated heterocycles. The number of hydrogen-bond donors (Lipinski definition) is 1. The summed E-state index contributed by atoms with van der Waals surface area (Å²) in [5.74, 6) is 2.05. The van der Waals surface area contributed by atoms with Crippen LogP contribution in [0.2, 0.25) is 0 Å². The minimum atomic E-state index is -0.294. The van der Waals surface area contributed by atoms with Crippen LogP contribution in [0.5, 0.6) is 0 Å². The Hall–Kier alpha value is -1.69. The maximum absolute atomic E-state index is 12.5. The van der Waals surface area contributed by atoms with Crippen LogP contribution >= 0.6 is 0 Å². The Morgan fingerprint density at radius 3 is 2.70 bits per heavy atom. The molecular weight excluding hydrogens is 292 g/mol. The fourth-order valence-corrected chi connectivity index (χ4v) is 3.58. The highest BCUT2D eigenvalue weighted by Crippen LogP contribution is 2.27. The lowest BCUT2D eigenvalue weighted by Gasteiger charge is -2.36. The Morgan fingerprint density at radius 2 is 2.00 bits per heavy atom. The van der Waals surface area contributed by atoms with Gasteiger partial charge in [-0.15, -0.1) is 0 Å². The van der Waals surface area contributed by atoms with Crippen molar-refractivity contribution in [2.24, 2.45) is 5.92 Å². The quantitative estimate of drug-likeness (QED) is 0.912. The first-order chi connectivity index (χ1) is 11.1. The summed E-state index contributed by atoms with van der Waals surface area (Å²) >= 11 is 0. The highest BCUT2D eigenvalue weighted by molar-refractivity contribution is 5.76. The fourth-order valence-electron chi connectivity index (χ4n) is 3.58. The average molecular weight is 318 g/mol. The predicted octanol–water partition coefficient (Wildman–Crippen LogP) is 1.37. The fraction of sp³-hybridized carbons (Fsp3) is 0.706. The standard InChI is InChI=1S/C17H26N4O2/c1-13-18-7-6-16(19-13)20-8-10-21(11-9-20)17(23)12-14-4-2-3-5-15(14)22/h6-7,14-15,22H,2-5,8-12H2,1H3/t14-,15+/m0/s1. The molecule has 0 bridgehead atoms. The van der Waals surface area contributed by atoms with Crippen LogP contribution in [-0.2, 0) is 4.79 Å². The van der Waals surface area contributed by atoms with E-state index in [9.17, 15) is 9.90 Å². The summed E-state index contributed by atoms with van der Waals surface area (Å²) in [7, 11) is 0. The maximum atomic E-state index is 12.5. The van der Waals surface area contributed by atoms with Gasteiger partial charge in [-0.1, -0.05) is 12.8 Å². The van der Waals surface area contributed by atoms with Gasteiger partial charge in [-0.2, -0.15) is 0 Å². The van der Waals surface area contributed by atoms with E-state index in [0.717, 1.165) is 63.5 Å². The molecule has 1 aliphatic carbocycles. The number of carbonyl (C=O) groups is 1. The topological polar surface area (TPSA) is 69.6 Å². The molecule has 2 heterocycles. The van der Waals surface area contributed by atoms with E-state index >= 15 is 0 Å². The molecule has 0 radical (unpaired) electrons. The zero-order valence-corrected chi connectivity index (χ0v) is 13.8. The van der Waals surface area contributed by atoms with Crippen LogP contribution in [0.1, 0.15) is 37.9 Å². The van der Waals surface area contributed by atoms with E-state index in [1.165, 1.54) is 0 Å². The molecule has 2 fully saturated rings. The Morgan fingerprint density at radius 1 is 1.26 bits per heavy atom. The normalized spacial score (nSPS) is 25.5. The number of hydrogen-bond acceptors (Lipinski definition) is 5. The zero-order chi connectivity index (χ0) is 16.2. The van der Waals surface area contributed by atoms with Gasteiger partial charge in [0, 0.05) is 38.8 Å². The number of aryl methyl sites for hydroxylation is 1. The third-order valence-corrected chi connectivity index (χ3v) is 5.02. The summed E-state index contributed by atoms with van der Waals surface area (Å²) in [6.07, 6.45) is 6.02. The summed E-state index contributed by atoms with van der Waals surface area (Å²) in [5.41, 5.74) is 0. The molecule has 6 nitrogen and oxygen atoms in total. The lowest BCUT2D eigenvalue weighted by Crippen LogP contribution is -2.49. The van der Waals surface area contributed by atoms with Gasteiger partial charge in [0.25, 0.3) is 0 Å². The van der Waals surface area contributed by atoms with Crippen LogP contribution in [0.4, 0.5) is 5.82 Å². The Labute approximate surface area is 137 Å². The van der Waals surface area contributed by atoms with E-state index in [-0.39, 0.29) is 17.9 Å². The second kappa shape index (κ2) is 7.25. The number of amides is 1. The summed E-state index contributed by atoms with van der Waals surface area (Å²) in [6.45, 7) is 4.94. The van der Waals surface area contributed by atoms with E-state index in [0.29, 0.717) is 6.42 Å². The smallest absolute Gasteiger partial charge is 0.223 e. The predicted molar refractivity (Wildman–Crippen MR) is 88.1 cm³/mol. The van der Waals surface area contributed by atoms with Crippen LogP contribution in [0, 0.1) is 12.8 Å². The number of anilines is 1. The van der Waals surface area contributed by atoms with Gasteiger partial charge < -0.3 is 14.9 Å². The van der Waals surface area contributed by atoms with Crippen LogP contribution in [0.25, 0.3) is 0 Å². The Bertz CT molecular complexity index is 543. The van der Waals surface area contributed by atoms with Crippen molar-refractivity contribution in [2.45, 2.75) is 45.1 Å². The molecule has 1 aliphatic heterocycles. The van der Waals surface area contributed by atoms with Crippen LogP contribution < -0.4 is 4.90 Å². The lowest BCUT2D eigenvalue weighted by atomic mass is 9.84. The molecular formula is C17H26N4O2. The number of rotatable bonds is 3. The average Bonchev–Trinajstić information content (AvgIpc) is 2.57.